The zero-order chi connectivity index (χ0) is 20.2. The molecular weight excluding hydrogens is 367 g/mol. The first-order valence-corrected chi connectivity index (χ1v) is 8.02. The van der Waals surface area contributed by atoms with Crippen LogP contribution in [0, 0.1) is 0 Å². The number of hydrogen-bond donors (Lipinski definition) is 2. The van der Waals surface area contributed by atoms with E-state index in [2.05, 4.69) is 15.0 Å². The van der Waals surface area contributed by atoms with Gasteiger partial charge >= 0.3 is 12.3 Å². The van der Waals surface area contributed by atoms with Gasteiger partial charge in [0.1, 0.15) is 11.5 Å². The zero-order valence-electron chi connectivity index (χ0n) is 14.5. The molecular formula is C17H18F3N3O4. The molecule has 1 aliphatic heterocycles. The second-order valence-corrected chi connectivity index (χ2v) is 5.67. The van der Waals surface area contributed by atoms with Gasteiger partial charge in [0.25, 0.3) is 0 Å². The van der Waals surface area contributed by atoms with Gasteiger partial charge in [0, 0.05) is 12.6 Å². The number of amides is 1. The zero-order valence-corrected chi connectivity index (χ0v) is 14.5. The van der Waals surface area contributed by atoms with E-state index in [1.165, 1.54) is 35.4 Å². The van der Waals surface area contributed by atoms with Crippen LogP contribution < -0.4 is 10.1 Å². The minimum absolute atomic E-state index is 0.162. The Morgan fingerprint density at radius 3 is 2.70 bits per heavy atom. The number of carboxylic acid groups (broad SMARTS) is 1. The summed E-state index contributed by atoms with van der Waals surface area (Å²) in [5, 5.41) is 11.7. The first-order valence-electron chi connectivity index (χ1n) is 8.02. The molecule has 7 nitrogen and oxygen atoms in total. The van der Waals surface area contributed by atoms with Gasteiger partial charge in [-0.05, 0) is 30.7 Å². The van der Waals surface area contributed by atoms with Gasteiger partial charge in [-0.2, -0.15) is 0 Å². The summed E-state index contributed by atoms with van der Waals surface area (Å²) in [6, 6.07) is 4.87. The summed E-state index contributed by atoms with van der Waals surface area (Å²) in [6.45, 7) is 3.31. The average molecular weight is 385 g/mol. The highest BCUT2D eigenvalue weighted by atomic mass is 19.4. The van der Waals surface area contributed by atoms with Crippen LogP contribution in [0.2, 0.25) is 0 Å². The molecule has 1 aromatic rings. The summed E-state index contributed by atoms with van der Waals surface area (Å²) in [6.07, 6.45) is -2.97. The fourth-order valence-electron chi connectivity index (χ4n) is 2.44. The molecule has 1 amide bonds. The van der Waals surface area contributed by atoms with E-state index in [-0.39, 0.29) is 23.8 Å². The molecule has 10 heteroatoms. The van der Waals surface area contributed by atoms with Crippen LogP contribution >= 0.6 is 0 Å². The number of hydrogen-bond acceptors (Lipinski definition) is 5. The first kappa shape index (κ1) is 20.3. The van der Waals surface area contributed by atoms with Crippen molar-refractivity contribution >= 4 is 17.6 Å². The van der Waals surface area contributed by atoms with E-state index < -0.39 is 24.7 Å². The number of nitrogens with one attached hydrogen (secondary N) is 1. The molecule has 2 N–H and O–H groups in total. The third-order valence-electron chi connectivity index (χ3n) is 3.80. The van der Waals surface area contributed by atoms with E-state index in [0.29, 0.717) is 5.56 Å². The lowest BCUT2D eigenvalue weighted by atomic mass is 10.1. The SMILES string of the molecule is CCC(=O)NC1N=C(C(=O)O)C=CN1C(C)c1cccc(OC(F)(F)F)c1. The van der Waals surface area contributed by atoms with E-state index in [4.69, 9.17) is 5.11 Å². The van der Waals surface area contributed by atoms with E-state index in [1.54, 1.807) is 19.9 Å². The van der Waals surface area contributed by atoms with Gasteiger partial charge in [-0.1, -0.05) is 19.1 Å². The topological polar surface area (TPSA) is 91.2 Å². The molecule has 146 valence electrons. The summed E-state index contributed by atoms with van der Waals surface area (Å²) in [7, 11) is 0. The number of alkyl halides is 3. The number of nitrogens with zero attached hydrogens (tertiary/aromatic N) is 2. The molecule has 1 aliphatic rings. The van der Waals surface area contributed by atoms with Crippen molar-refractivity contribution in [3.05, 3.63) is 42.1 Å². The number of carbonyl (C=O) groups is 2. The van der Waals surface area contributed by atoms with Gasteiger partial charge in [-0.3, -0.25) is 4.79 Å². The van der Waals surface area contributed by atoms with Gasteiger partial charge in [-0.25, -0.2) is 9.79 Å². The third-order valence-corrected chi connectivity index (χ3v) is 3.80. The molecule has 0 radical (unpaired) electrons. The van der Waals surface area contributed by atoms with E-state index in [0.717, 1.165) is 0 Å². The number of ether oxygens (including phenoxy) is 1. The smallest absolute Gasteiger partial charge is 0.477 e. The Hall–Kier alpha value is -3.04. The fourth-order valence-corrected chi connectivity index (χ4v) is 2.44. The lowest BCUT2D eigenvalue weighted by Crippen LogP contribution is -2.47. The van der Waals surface area contributed by atoms with Crippen molar-refractivity contribution in [3.63, 3.8) is 0 Å². The third kappa shape index (κ3) is 5.47. The maximum atomic E-state index is 12.4. The van der Waals surface area contributed by atoms with Crippen LogP contribution in [-0.4, -0.2) is 40.2 Å². The van der Waals surface area contributed by atoms with Gasteiger partial charge in [-0.15, -0.1) is 13.2 Å². The van der Waals surface area contributed by atoms with Crippen LogP contribution in [0.1, 0.15) is 31.9 Å². The van der Waals surface area contributed by atoms with Crippen LogP contribution in [0.15, 0.2) is 41.5 Å². The van der Waals surface area contributed by atoms with Crippen molar-refractivity contribution < 1.29 is 32.6 Å². The van der Waals surface area contributed by atoms with E-state index >= 15 is 0 Å². The maximum absolute atomic E-state index is 12.4. The first-order chi connectivity index (χ1) is 12.6. The number of rotatable bonds is 6. The molecule has 2 rings (SSSR count). The Kier molecular flexibility index (Phi) is 6.09. The molecule has 0 spiro atoms. The van der Waals surface area contributed by atoms with Crippen LogP contribution in [0.3, 0.4) is 0 Å². The number of carbonyl (C=O) groups excluding carboxylic acids is 1. The molecule has 1 aromatic carbocycles. The molecule has 2 unspecified atom stereocenters. The van der Waals surface area contributed by atoms with Crippen molar-refractivity contribution in [3.8, 4) is 5.75 Å². The molecule has 0 fully saturated rings. The van der Waals surface area contributed by atoms with Crippen LogP contribution in [0.25, 0.3) is 0 Å². The summed E-state index contributed by atoms with van der Waals surface area (Å²) in [5.41, 5.74) is 0.222. The molecule has 0 bridgehead atoms. The summed E-state index contributed by atoms with van der Waals surface area (Å²) in [4.78, 5) is 28.4. The molecule has 27 heavy (non-hydrogen) atoms. The Labute approximate surface area is 153 Å². The minimum atomic E-state index is -4.81. The fraction of sp³-hybridized carbons (Fsp3) is 0.353. The van der Waals surface area contributed by atoms with Gasteiger partial charge < -0.3 is 20.1 Å². The Morgan fingerprint density at radius 2 is 2.11 bits per heavy atom. The second kappa shape index (κ2) is 8.11. The highest BCUT2D eigenvalue weighted by molar-refractivity contribution is 6.40. The van der Waals surface area contributed by atoms with Crippen molar-refractivity contribution in [2.75, 3.05) is 0 Å². The van der Waals surface area contributed by atoms with E-state index in [1.807, 2.05) is 0 Å². The molecule has 0 saturated heterocycles. The highest BCUT2D eigenvalue weighted by Crippen LogP contribution is 2.29. The Bertz CT molecular complexity index is 777. The largest absolute Gasteiger partial charge is 0.573 e. The molecule has 2 atom stereocenters. The second-order valence-electron chi connectivity index (χ2n) is 5.67. The highest BCUT2D eigenvalue weighted by Gasteiger charge is 2.32. The number of halogens is 3. The van der Waals surface area contributed by atoms with Crippen molar-refractivity contribution in [1.82, 2.24) is 10.2 Å². The number of benzene rings is 1. The van der Waals surface area contributed by atoms with Crippen LogP contribution in [-0.2, 0) is 9.59 Å². The predicted molar refractivity (Wildman–Crippen MR) is 89.8 cm³/mol. The molecule has 0 aliphatic carbocycles. The van der Waals surface area contributed by atoms with Gasteiger partial charge in [0.05, 0.1) is 6.04 Å². The number of aliphatic carboxylic acids is 1. The van der Waals surface area contributed by atoms with Crippen LogP contribution in [0.4, 0.5) is 13.2 Å². The monoisotopic (exact) mass is 385 g/mol. The molecule has 1 heterocycles. The summed E-state index contributed by atoms with van der Waals surface area (Å²) in [5.74, 6) is -1.98. The lowest BCUT2D eigenvalue weighted by Gasteiger charge is -2.36. The van der Waals surface area contributed by atoms with Crippen LogP contribution in [0.5, 0.6) is 5.75 Å². The van der Waals surface area contributed by atoms with Crippen molar-refractivity contribution in [2.24, 2.45) is 4.99 Å². The predicted octanol–water partition coefficient (Wildman–Crippen LogP) is 2.81. The van der Waals surface area contributed by atoms with Crippen molar-refractivity contribution in [1.29, 1.82) is 0 Å². The minimum Gasteiger partial charge on any atom is -0.477 e. The Balaban J connectivity index is 2.28. The molecule has 0 aromatic heterocycles. The average Bonchev–Trinajstić information content (AvgIpc) is 2.59. The van der Waals surface area contributed by atoms with E-state index in [9.17, 15) is 22.8 Å². The standard InChI is InChI=1S/C17H18F3N3O4/c1-3-14(24)22-16-21-13(15(25)26)7-8-23(16)10(2)11-5-4-6-12(9-11)27-17(18,19)20/h4-10,16H,3H2,1-2H3,(H,22,24)(H,25,26). The van der Waals surface area contributed by atoms with Crippen molar-refractivity contribution in [2.45, 2.75) is 39.0 Å². The number of carboxylic acids is 1. The quantitative estimate of drug-likeness (QED) is 0.786. The van der Waals surface area contributed by atoms with Gasteiger partial charge in [0.15, 0.2) is 6.29 Å². The molecule has 0 saturated carbocycles. The maximum Gasteiger partial charge on any atom is 0.573 e. The summed E-state index contributed by atoms with van der Waals surface area (Å²) >= 11 is 0. The number of aliphatic imine (C=N–C) groups is 1. The lowest BCUT2D eigenvalue weighted by molar-refractivity contribution is -0.274. The summed E-state index contributed by atoms with van der Waals surface area (Å²) < 4.78 is 41.2. The Morgan fingerprint density at radius 1 is 1.41 bits per heavy atom. The van der Waals surface area contributed by atoms with Gasteiger partial charge in [0.2, 0.25) is 5.91 Å². The normalized spacial score (nSPS) is 17.9.